The molecule has 0 aromatic rings. The van der Waals surface area contributed by atoms with Gasteiger partial charge in [-0.25, -0.2) is 0 Å². The highest BCUT2D eigenvalue weighted by molar-refractivity contribution is 5.78. The SMILES string of the molecule is CC(C)NCC1CC(=O)N(CCN2CCOCC2)C1. The molecule has 110 valence electrons. The van der Waals surface area contributed by atoms with Crippen molar-refractivity contribution in [3.05, 3.63) is 0 Å². The van der Waals surface area contributed by atoms with Crippen molar-refractivity contribution in [1.29, 1.82) is 0 Å². The number of nitrogens with one attached hydrogen (secondary N) is 1. The Bertz CT molecular complexity index is 290. The van der Waals surface area contributed by atoms with Crippen LogP contribution < -0.4 is 5.32 Å². The lowest BCUT2D eigenvalue weighted by Gasteiger charge is -2.28. The van der Waals surface area contributed by atoms with Crippen LogP contribution in [-0.4, -0.2) is 74.2 Å². The van der Waals surface area contributed by atoms with Crippen LogP contribution in [0.4, 0.5) is 0 Å². The Kier molecular flexibility index (Phi) is 5.60. The molecule has 1 unspecified atom stereocenters. The summed E-state index contributed by atoms with van der Waals surface area (Å²) in [5, 5.41) is 3.43. The van der Waals surface area contributed by atoms with Crippen LogP contribution in [0.1, 0.15) is 20.3 Å². The van der Waals surface area contributed by atoms with E-state index in [1.807, 2.05) is 4.90 Å². The number of nitrogens with zero attached hydrogens (tertiary/aromatic N) is 2. The molecule has 0 aliphatic carbocycles. The number of likely N-dealkylation sites (tertiary alicyclic amines) is 1. The van der Waals surface area contributed by atoms with Crippen LogP contribution in [0.2, 0.25) is 0 Å². The van der Waals surface area contributed by atoms with Gasteiger partial charge in [0.2, 0.25) is 5.91 Å². The third kappa shape index (κ3) is 4.75. The first-order valence-electron chi connectivity index (χ1n) is 7.46. The Hall–Kier alpha value is -0.650. The molecule has 0 bridgehead atoms. The minimum Gasteiger partial charge on any atom is -0.379 e. The van der Waals surface area contributed by atoms with E-state index in [0.29, 0.717) is 24.3 Å². The van der Waals surface area contributed by atoms with Gasteiger partial charge in [-0.15, -0.1) is 0 Å². The Morgan fingerprint density at radius 1 is 1.32 bits per heavy atom. The van der Waals surface area contributed by atoms with Crippen molar-refractivity contribution in [2.45, 2.75) is 26.3 Å². The second-order valence-corrected chi connectivity index (χ2v) is 5.93. The lowest BCUT2D eigenvalue weighted by Crippen LogP contribution is -2.42. The van der Waals surface area contributed by atoms with Crippen LogP contribution in [0, 0.1) is 5.92 Å². The van der Waals surface area contributed by atoms with Gasteiger partial charge in [-0.2, -0.15) is 0 Å². The molecule has 2 rings (SSSR count). The molecule has 5 heteroatoms. The van der Waals surface area contributed by atoms with Crippen LogP contribution >= 0.6 is 0 Å². The van der Waals surface area contributed by atoms with Crippen molar-refractivity contribution in [1.82, 2.24) is 15.1 Å². The molecule has 1 atom stereocenters. The second-order valence-electron chi connectivity index (χ2n) is 5.93. The molecule has 2 aliphatic heterocycles. The largest absolute Gasteiger partial charge is 0.379 e. The fourth-order valence-electron chi connectivity index (χ4n) is 2.70. The van der Waals surface area contributed by atoms with Crippen molar-refractivity contribution < 1.29 is 9.53 Å². The third-order valence-corrected chi connectivity index (χ3v) is 3.90. The Morgan fingerprint density at radius 3 is 2.74 bits per heavy atom. The molecule has 1 amide bonds. The number of hydrogen-bond donors (Lipinski definition) is 1. The summed E-state index contributed by atoms with van der Waals surface area (Å²) in [5.41, 5.74) is 0. The Labute approximate surface area is 116 Å². The van der Waals surface area contributed by atoms with Crippen LogP contribution in [0.5, 0.6) is 0 Å². The van der Waals surface area contributed by atoms with Crippen LogP contribution in [0.3, 0.4) is 0 Å². The van der Waals surface area contributed by atoms with E-state index < -0.39 is 0 Å². The normalized spacial score (nSPS) is 25.5. The number of carbonyl (C=O) groups excluding carboxylic acids is 1. The van der Waals surface area contributed by atoms with Crippen molar-refractivity contribution in [2.24, 2.45) is 5.92 Å². The summed E-state index contributed by atoms with van der Waals surface area (Å²) in [6, 6.07) is 0.498. The summed E-state index contributed by atoms with van der Waals surface area (Å²) < 4.78 is 5.33. The first kappa shape index (κ1) is 14.8. The Balaban J connectivity index is 1.67. The lowest BCUT2D eigenvalue weighted by molar-refractivity contribution is -0.128. The van der Waals surface area contributed by atoms with Gasteiger partial charge >= 0.3 is 0 Å². The van der Waals surface area contributed by atoms with Gasteiger partial charge in [0.15, 0.2) is 0 Å². The summed E-state index contributed by atoms with van der Waals surface area (Å²) in [7, 11) is 0. The Morgan fingerprint density at radius 2 is 2.05 bits per heavy atom. The highest BCUT2D eigenvalue weighted by Gasteiger charge is 2.29. The molecule has 0 aromatic heterocycles. The number of carbonyl (C=O) groups is 1. The molecule has 5 nitrogen and oxygen atoms in total. The van der Waals surface area contributed by atoms with Gasteiger partial charge < -0.3 is 15.0 Å². The predicted octanol–water partition coefficient (Wildman–Crippen LogP) is 0.165. The molecule has 0 radical (unpaired) electrons. The zero-order valence-electron chi connectivity index (χ0n) is 12.2. The summed E-state index contributed by atoms with van der Waals surface area (Å²) in [6.45, 7) is 11.7. The zero-order valence-corrected chi connectivity index (χ0v) is 12.2. The number of ether oxygens (including phenoxy) is 1. The second kappa shape index (κ2) is 7.22. The fraction of sp³-hybridized carbons (Fsp3) is 0.929. The van der Waals surface area contributed by atoms with E-state index in [-0.39, 0.29) is 0 Å². The van der Waals surface area contributed by atoms with Gasteiger partial charge in [-0.1, -0.05) is 13.8 Å². The van der Waals surface area contributed by atoms with Crippen molar-refractivity contribution in [2.75, 3.05) is 52.5 Å². The molecule has 1 N–H and O–H groups in total. The van der Waals surface area contributed by atoms with Crippen LogP contribution in [-0.2, 0) is 9.53 Å². The van der Waals surface area contributed by atoms with E-state index in [4.69, 9.17) is 4.74 Å². The average molecular weight is 269 g/mol. The first-order valence-corrected chi connectivity index (χ1v) is 7.46. The summed E-state index contributed by atoms with van der Waals surface area (Å²) in [4.78, 5) is 16.4. The lowest BCUT2D eigenvalue weighted by atomic mass is 10.1. The van der Waals surface area contributed by atoms with Gasteiger partial charge in [0, 0.05) is 51.7 Å². The molecule has 19 heavy (non-hydrogen) atoms. The van der Waals surface area contributed by atoms with E-state index in [1.165, 1.54) is 0 Å². The molecule has 0 aromatic carbocycles. The van der Waals surface area contributed by atoms with Crippen LogP contribution in [0.15, 0.2) is 0 Å². The first-order chi connectivity index (χ1) is 9.15. The number of hydrogen-bond acceptors (Lipinski definition) is 4. The van der Waals surface area contributed by atoms with Crippen molar-refractivity contribution in [3.63, 3.8) is 0 Å². The van der Waals surface area contributed by atoms with Gasteiger partial charge in [-0.05, 0) is 5.92 Å². The number of amides is 1. The summed E-state index contributed by atoms with van der Waals surface area (Å²) in [6.07, 6.45) is 0.711. The van der Waals surface area contributed by atoms with Gasteiger partial charge in [0.25, 0.3) is 0 Å². The quantitative estimate of drug-likeness (QED) is 0.746. The minimum atomic E-state index is 0.323. The summed E-state index contributed by atoms with van der Waals surface area (Å²) in [5.74, 6) is 0.809. The van der Waals surface area contributed by atoms with Gasteiger partial charge in [0.05, 0.1) is 13.2 Å². The monoisotopic (exact) mass is 269 g/mol. The molecule has 0 spiro atoms. The van der Waals surface area contributed by atoms with Gasteiger partial charge in [0.1, 0.15) is 0 Å². The smallest absolute Gasteiger partial charge is 0.223 e. The standard InChI is InChI=1S/C14H27N3O2/c1-12(2)15-10-13-9-14(18)17(11-13)4-3-16-5-7-19-8-6-16/h12-13,15H,3-11H2,1-2H3. The van der Waals surface area contributed by atoms with E-state index >= 15 is 0 Å². The number of rotatable bonds is 6. The van der Waals surface area contributed by atoms with E-state index in [2.05, 4.69) is 24.1 Å². The molecule has 2 heterocycles. The third-order valence-electron chi connectivity index (χ3n) is 3.90. The molecule has 2 saturated heterocycles. The average Bonchev–Trinajstić information content (AvgIpc) is 2.76. The van der Waals surface area contributed by atoms with Crippen LogP contribution in [0.25, 0.3) is 0 Å². The maximum Gasteiger partial charge on any atom is 0.223 e. The van der Waals surface area contributed by atoms with Gasteiger partial charge in [-0.3, -0.25) is 9.69 Å². The highest BCUT2D eigenvalue weighted by atomic mass is 16.5. The molecule has 0 saturated carbocycles. The maximum atomic E-state index is 12.0. The highest BCUT2D eigenvalue weighted by Crippen LogP contribution is 2.17. The molecular formula is C14H27N3O2. The zero-order chi connectivity index (χ0) is 13.7. The van der Waals surface area contributed by atoms with E-state index in [1.54, 1.807) is 0 Å². The van der Waals surface area contributed by atoms with Crippen molar-refractivity contribution in [3.8, 4) is 0 Å². The summed E-state index contributed by atoms with van der Waals surface area (Å²) >= 11 is 0. The minimum absolute atomic E-state index is 0.323. The van der Waals surface area contributed by atoms with E-state index in [9.17, 15) is 4.79 Å². The molecule has 2 fully saturated rings. The topological polar surface area (TPSA) is 44.8 Å². The van der Waals surface area contributed by atoms with Crippen molar-refractivity contribution >= 4 is 5.91 Å². The molecular weight excluding hydrogens is 242 g/mol. The fourth-order valence-corrected chi connectivity index (χ4v) is 2.70. The number of morpholine rings is 1. The van der Waals surface area contributed by atoms with E-state index in [0.717, 1.165) is 52.5 Å². The molecule has 2 aliphatic rings. The predicted molar refractivity (Wildman–Crippen MR) is 75.1 cm³/mol. The maximum absolute atomic E-state index is 12.0.